The summed E-state index contributed by atoms with van der Waals surface area (Å²) in [5, 5.41) is 9.07. The van der Waals surface area contributed by atoms with Crippen molar-refractivity contribution < 1.29 is 9.53 Å². The molecule has 0 spiro atoms. The summed E-state index contributed by atoms with van der Waals surface area (Å²) in [6, 6.07) is 29.6. The molecule has 0 N–H and O–H groups in total. The Bertz CT molecular complexity index is 934. The summed E-state index contributed by atoms with van der Waals surface area (Å²) in [4.78, 5) is 14.1. The highest BCUT2D eigenvalue weighted by Crippen LogP contribution is 2.21. The van der Waals surface area contributed by atoms with Crippen LogP contribution in [0.25, 0.3) is 0 Å². The first-order valence-corrected chi connectivity index (χ1v) is 9.19. The predicted octanol–water partition coefficient (Wildman–Crippen LogP) is 4.21. The summed E-state index contributed by atoms with van der Waals surface area (Å²) in [6.45, 7) is 0.325. The standard InChI is InChI=1S/C24H22N2O2/c25-15-16-26(18-21-11-5-2-6-12-21)24(27)19-28-23-14-8-7-13-22(23)17-20-9-3-1-4-10-20/h1-14H,16-19H2. The van der Waals surface area contributed by atoms with Crippen molar-refractivity contribution in [3.8, 4) is 11.8 Å². The van der Waals surface area contributed by atoms with Gasteiger partial charge in [0, 0.05) is 13.0 Å². The van der Waals surface area contributed by atoms with E-state index in [1.54, 1.807) is 0 Å². The van der Waals surface area contributed by atoms with Gasteiger partial charge in [0.05, 0.1) is 6.07 Å². The van der Waals surface area contributed by atoms with Crippen LogP contribution in [0.5, 0.6) is 5.75 Å². The maximum atomic E-state index is 12.6. The molecule has 0 radical (unpaired) electrons. The van der Waals surface area contributed by atoms with E-state index in [0.29, 0.717) is 12.3 Å². The fraction of sp³-hybridized carbons (Fsp3) is 0.167. The molecule has 1 amide bonds. The maximum absolute atomic E-state index is 12.6. The highest BCUT2D eigenvalue weighted by atomic mass is 16.5. The van der Waals surface area contributed by atoms with Crippen molar-refractivity contribution >= 4 is 5.91 Å². The van der Waals surface area contributed by atoms with Gasteiger partial charge in [-0.3, -0.25) is 4.79 Å². The van der Waals surface area contributed by atoms with Crippen molar-refractivity contribution in [2.45, 2.75) is 13.0 Å². The average molecular weight is 370 g/mol. The van der Waals surface area contributed by atoms with Gasteiger partial charge in [-0.15, -0.1) is 0 Å². The van der Waals surface area contributed by atoms with Crippen LogP contribution in [0.4, 0.5) is 0 Å². The van der Waals surface area contributed by atoms with Gasteiger partial charge in [-0.2, -0.15) is 5.26 Å². The molecular formula is C24H22N2O2. The van der Waals surface area contributed by atoms with E-state index >= 15 is 0 Å². The number of nitrogens with zero attached hydrogens (tertiary/aromatic N) is 2. The summed E-state index contributed by atoms with van der Waals surface area (Å²) in [5.74, 6) is 0.483. The molecule has 0 aliphatic carbocycles. The van der Waals surface area contributed by atoms with Crippen molar-refractivity contribution in [3.63, 3.8) is 0 Å². The van der Waals surface area contributed by atoms with Crippen LogP contribution in [0.1, 0.15) is 16.7 Å². The topological polar surface area (TPSA) is 53.3 Å². The third kappa shape index (κ3) is 5.46. The zero-order valence-electron chi connectivity index (χ0n) is 15.6. The van der Waals surface area contributed by atoms with Gasteiger partial charge in [0.25, 0.3) is 5.91 Å². The summed E-state index contributed by atoms with van der Waals surface area (Å²) in [5.41, 5.74) is 3.19. The summed E-state index contributed by atoms with van der Waals surface area (Å²) < 4.78 is 5.84. The second-order valence-electron chi connectivity index (χ2n) is 6.45. The Morgan fingerprint density at radius 1 is 0.857 bits per heavy atom. The van der Waals surface area contributed by atoms with Crippen molar-refractivity contribution in [2.24, 2.45) is 0 Å². The molecule has 0 saturated carbocycles. The van der Waals surface area contributed by atoms with E-state index in [-0.39, 0.29) is 19.1 Å². The van der Waals surface area contributed by atoms with Crippen LogP contribution in [0.2, 0.25) is 0 Å². The van der Waals surface area contributed by atoms with Crippen molar-refractivity contribution in [3.05, 3.63) is 102 Å². The van der Waals surface area contributed by atoms with Crippen molar-refractivity contribution in [2.75, 3.05) is 13.2 Å². The molecule has 0 saturated heterocycles. The van der Waals surface area contributed by atoms with E-state index in [0.717, 1.165) is 17.5 Å². The Hall–Kier alpha value is -3.58. The normalized spacial score (nSPS) is 10.1. The SMILES string of the molecule is N#CCN(Cc1ccccc1)C(=O)COc1ccccc1Cc1ccccc1. The number of hydrogen-bond acceptors (Lipinski definition) is 3. The molecule has 3 aromatic rings. The summed E-state index contributed by atoms with van der Waals surface area (Å²) in [7, 11) is 0. The fourth-order valence-electron chi connectivity index (χ4n) is 2.96. The molecular weight excluding hydrogens is 348 g/mol. The molecule has 4 nitrogen and oxygen atoms in total. The Morgan fingerprint density at radius 3 is 2.14 bits per heavy atom. The smallest absolute Gasteiger partial charge is 0.261 e. The monoisotopic (exact) mass is 370 g/mol. The zero-order chi connectivity index (χ0) is 19.6. The van der Waals surface area contributed by atoms with E-state index < -0.39 is 0 Å². The number of carbonyl (C=O) groups is 1. The van der Waals surface area contributed by atoms with Gasteiger partial charge in [0.1, 0.15) is 12.3 Å². The van der Waals surface area contributed by atoms with Crippen LogP contribution in [0, 0.1) is 11.3 Å². The molecule has 0 bridgehead atoms. The first-order chi connectivity index (χ1) is 13.8. The van der Waals surface area contributed by atoms with E-state index in [9.17, 15) is 4.79 Å². The van der Waals surface area contributed by atoms with Crippen molar-refractivity contribution in [1.29, 1.82) is 5.26 Å². The fourth-order valence-corrected chi connectivity index (χ4v) is 2.96. The van der Waals surface area contributed by atoms with Gasteiger partial charge >= 0.3 is 0 Å². The Balaban J connectivity index is 1.65. The van der Waals surface area contributed by atoms with Gasteiger partial charge < -0.3 is 9.64 Å². The molecule has 3 aromatic carbocycles. The quantitative estimate of drug-likeness (QED) is 0.558. The van der Waals surface area contributed by atoms with E-state index in [4.69, 9.17) is 10.00 Å². The maximum Gasteiger partial charge on any atom is 0.261 e. The molecule has 3 rings (SSSR count). The molecule has 0 unspecified atom stereocenters. The lowest BCUT2D eigenvalue weighted by Gasteiger charge is -2.20. The average Bonchev–Trinajstić information content (AvgIpc) is 2.74. The van der Waals surface area contributed by atoms with Crippen LogP contribution < -0.4 is 4.74 Å². The van der Waals surface area contributed by atoms with Gasteiger partial charge in [-0.05, 0) is 22.8 Å². The number of amides is 1. The highest BCUT2D eigenvalue weighted by Gasteiger charge is 2.15. The Kier molecular flexibility index (Phi) is 6.81. The molecule has 0 heterocycles. The number of ether oxygens (including phenoxy) is 1. The van der Waals surface area contributed by atoms with E-state index in [2.05, 4.69) is 18.2 Å². The van der Waals surface area contributed by atoms with Crippen LogP contribution in [-0.4, -0.2) is 24.0 Å². The lowest BCUT2D eigenvalue weighted by Crippen LogP contribution is -2.34. The first kappa shape index (κ1) is 19.2. The highest BCUT2D eigenvalue weighted by molar-refractivity contribution is 5.78. The first-order valence-electron chi connectivity index (χ1n) is 9.19. The lowest BCUT2D eigenvalue weighted by atomic mass is 10.0. The minimum atomic E-state index is -0.208. The third-order valence-electron chi connectivity index (χ3n) is 4.39. The third-order valence-corrected chi connectivity index (χ3v) is 4.39. The largest absolute Gasteiger partial charge is 0.483 e. The summed E-state index contributed by atoms with van der Waals surface area (Å²) in [6.07, 6.45) is 0.733. The van der Waals surface area contributed by atoms with E-state index in [1.165, 1.54) is 10.5 Å². The number of rotatable bonds is 8. The number of benzene rings is 3. The second-order valence-corrected chi connectivity index (χ2v) is 6.45. The summed E-state index contributed by atoms with van der Waals surface area (Å²) >= 11 is 0. The number of carbonyl (C=O) groups excluding carboxylic acids is 1. The molecule has 4 heteroatoms. The molecule has 0 aromatic heterocycles. The molecule has 0 atom stereocenters. The number of para-hydroxylation sites is 1. The Labute approximate surface area is 165 Å². The molecule has 0 fully saturated rings. The number of nitriles is 1. The Morgan fingerprint density at radius 2 is 1.46 bits per heavy atom. The minimum Gasteiger partial charge on any atom is -0.483 e. The van der Waals surface area contributed by atoms with Gasteiger partial charge in [-0.1, -0.05) is 78.9 Å². The predicted molar refractivity (Wildman–Crippen MR) is 109 cm³/mol. The van der Waals surface area contributed by atoms with Crippen LogP contribution in [0.3, 0.4) is 0 Å². The molecule has 0 aliphatic rings. The molecule has 0 aliphatic heterocycles. The van der Waals surface area contributed by atoms with Crippen molar-refractivity contribution in [1.82, 2.24) is 4.90 Å². The van der Waals surface area contributed by atoms with Crippen LogP contribution in [-0.2, 0) is 17.8 Å². The van der Waals surface area contributed by atoms with Crippen LogP contribution in [0.15, 0.2) is 84.9 Å². The van der Waals surface area contributed by atoms with Gasteiger partial charge in [-0.25, -0.2) is 0 Å². The second kappa shape index (κ2) is 9.94. The van der Waals surface area contributed by atoms with Gasteiger partial charge in [0.2, 0.25) is 0 Å². The molecule has 28 heavy (non-hydrogen) atoms. The van der Waals surface area contributed by atoms with Crippen LogP contribution >= 0.6 is 0 Å². The lowest BCUT2D eigenvalue weighted by molar-refractivity contribution is -0.133. The van der Waals surface area contributed by atoms with E-state index in [1.807, 2.05) is 72.8 Å². The minimum absolute atomic E-state index is 0.0305. The zero-order valence-corrected chi connectivity index (χ0v) is 15.6. The van der Waals surface area contributed by atoms with Gasteiger partial charge in [0.15, 0.2) is 6.61 Å². The molecule has 140 valence electrons. The number of hydrogen-bond donors (Lipinski definition) is 0.